The average Bonchev–Trinajstić information content (AvgIpc) is 3.08. The molecule has 0 N–H and O–H groups in total. The van der Waals surface area contributed by atoms with Crippen molar-refractivity contribution in [3.8, 4) is 0 Å². The fraction of sp³-hybridized carbons (Fsp3) is 0.714. The van der Waals surface area contributed by atoms with Crippen molar-refractivity contribution >= 4 is 11.9 Å². The summed E-state index contributed by atoms with van der Waals surface area (Å²) in [6.07, 6.45) is 4.91. The number of rotatable bonds is 4. The zero-order valence-electron chi connectivity index (χ0n) is 16.0. The van der Waals surface area contributed by atoms with Crippen molar-refractivity contribution in [2.24, 2.45) is 23.2 Å². The zero-order valence-corrected chi connectivity index (χ0v) is 16.0. The van der Waals surface area contributed by atoms with Crippen LogP contribution in [0.25, 0.3) is 0 Å². The molecule has 1 saturated heterocycles. The van der Waals surface area contributed by atoms with Crippen LogP contribution in [0.4, 0.5) is 0 Å². The maximum atomic E-state index is 12.8. The van der Waals surface area contributed by atoms with E-state index in [1.807, 2.05) is 13.8 Å². The van der Waals surface area contributed by atoms with Crippen LogP contribution >= 0.6 is 0 Å². The minimum Gasteiger partial charge on any atom is -0.469 e. The van der Waals surface area contributed by atoms with Crippen molar-refractivity contribution in [3.63, 3.8) is 0 Å². The summed E-state index contributed by atoms with van der Waals surface area (Å²) in [5.41, 5.74) is 1.73. The molecule has 2 fully saturated rings. The van der Waals surface area contributed by atoms with Crippen LogP contribution in [0.1, 0.15) is 69.4 Å². The zero-order chi connectivity index (χ0) is 18.6. The van der Waals surface area contributed by atoms with Crippen molar-refractivity contribution in [1.82, 2.24) is 0 Å². The molecule has 0 spiro atoms. The molecule has 6 atom stereocenters. The Morgan fingerprint density at radius 1 is 1.42 bits per heavy atom. The van der Waals surface area contributed by atoms with Crippen molar-refractivity contribution < 1.29 is 23.5 Å². The van der Waals surface area contributed by atoms with E-state index in [1.54, 1.807) is 6.26 Å². The molecule has 1 aromatic heterocycles. The Balaban J connectivity index is 1.62. The number of carbonyl (C=O) groups excluding carboxylic acids is 2. The minimum absolute atomic E-state index is 0.196. The number of ether oxygens (including phenoxy) is 2. The molecule has 142 valence electrons. The molecule has 0 radical (unpaired) electrons. The van der Waals surface area contributed by atoms with E-state index in [0.29, 0.717) is 24.7 Å². The average molecular weight is 360 g/mol. The Kier molecular flexibility index (Phi) is 4.16. The van der Waals surface area contributed by atoms with Gasteiger partial charge in [0.1, 0.15) is 23.9 Å². The molecule has 0 aromatic carbocycles. The number of hydrogen-bond donors (Lipinski definition) is 0. The third-order valence-corrected chi connectivity index (χ3v) is 7.07. The topological polar surface area (TPSA) is 65.7 Å². The summed E-state index contributed by atoms with van der Waals surface area (Å²) in [6.45, 7) is 8.25. The lowest BCUT2D eigenvalue weighted by molar-refractivity contribution is -0.164. The van der Waals surface area contributed by atoms with E-state index in [9.17, 15) is 9.59 Å². The van der Waals surface area contributed by atoms with Crippen molar-refractivity contribution in [1.29, 1.82) is 0 Å². The SMILES string of the molecule is CCC(C)CC(=O)O[C@H]1CC[C@@H]2Cc3occ(C)c3[C@@H]3OC(=O)[C@@H]1[C@]23C. The van der Waals surface area contributed by atoms with Gasteiger partial charge in [-0.15, -0.1) is 0 Å². The van der Waals surface area contributed by atoms with Gasteiger partial charge in [-0.2, -0.15) is 0 Å². The van der Waals surface area contributed by atoms with Crippen LogP contribution in [0.15, 0.2) is 10.7 Å². The molecule has 0 amide bonds. The quantitative estimate of drug-likeness (QED) is 0.756. The van der Waals surface area contributed by atoms with Crippen LogP contribution in [0.3, 0.4) is 0 Å². The molecule has 26 heavy (non-hydrogen) atoms. The van der Waals surface area contributed by atoms with Gasteiger partial charge in [0.25, 0.3) is 0 Å². The second-order valence-electron chi connectivity index (χ2n) is 8.64. The first-order valence-electron chi connectivity index (χ1n) is 9.83. The van der Waals surface area contributed by atoms with E-state index < -0.39 is 0 Å². The normalized spacial score (nSPS) is 36.1. The molecule has 1 aliphatic heterocycles. The van der Waals surface area contributed by atoms with Crippen LogP contribution in [-0.2, 0) is 25.5 Å². The second-order valence-corrected chi connectivity index (χ2v) is 8.64. The van der Waals surface area contributed by atoms with Gasteiger partial charge in [-0.05, 0) is 37.2 Å². The standard InChI is InChI=1S/C21H28O5/c1-5-11(2)8-16(22)25-14-7-6-13-9-15-17(12(3)10-24-15)19-21(13,4)18(14)20(23)26-19/h10-11,13-14,18-19H,5-9H2,1-4H3/t11?,13-,14+,18-,19+,21+/m1/s1. The summed E-state index contributed by atoms with van der Waals surface area (Å²) in [7, 11) is 0. The lowest BCUT2D eigenvalue weighted by Gasteiger charge is -2.48. The smallest absolute Gasteiger partial charge is 0.314 e. The maximum absolute atomic E-state index is 12.8. The van der Waals surface area contributed by atoms with Crippen LogP contribution in [0.5, 0.6) is 0 Å². The van der Waals surface area contributed by atoms with Crippen molar-refractivity contribution in [2.75, 3.05) is 0 Å². The predicted octanol–water partition coefficient (Wildman–Crippen LogP) is 4.12. The molecule has 1 saturated carbocycles. The number of esters is 2. The lowest BCUT2D eigenvalue weighted by atomic mass is 9.54. The molecule has 0 bridgehead atoms. The van der Waals surface area contributed by atoms with Crippen LogP contribution in [0.2, 0.25) is 0 Å². The van der Waals surface area contributed by atoms with Gasteiger partial charge < -0.3 is 13.9 Å². The largest absolute Gasteiger partial charge is 0.469 e. The maximum Gasteiger partial charge on any atom is 0.314 e. The second kappa shape index (κ2) is 6.14. The summed E-state index contributed by atoms with van der Waals surface area (Å²) < 4.78 is 17.4. The summed E-state index contributed by atoms with van der Waals surface area (Å²) in [4.78, 5) is 25.2. The molecular formula is C21H28O5. The number of fused-ring (bicyclic) bond motifs is 2. The first kappa shape index (κ1) is 17.6. The van der Waals surface area contributed by atoms with Crippen molar-refractivity contribution in [2.45, 2.75) is 72.0 Å². The van der Waals surface area contributed by atoms with Gasteiger partial charge >= 0.3 is 11.9 Å². The highest BCUT2D eigenvalue weighted by atomic mass is 16.6. The Bertz CT molecular complexity index is 735. The van der Waals surface area contributed by atoms with Gasteiger partial charge in [0.05, 0.1) is 6.26 Å². The number of furan rings is 1. The van der Waals surface area contributed by atoms with E-state index in [-0.39, 0.29) is 35.5 Å². The molecule has 5 heteroatoms. The summed E-state index contributed by atoms with van der Waals surface area (Å²) in [6, 6.07) is 0. The van der Waals surface area contributed by atoms with Crippen LogP contribution in [-0.4, -0.2) is 18.0 Å². The highest BCUT2D eigenvalue weighted by Gasteiger charge is 2.66. The number of hydrogen-bond acceptors (Lipinski definition) is 5. The number of aryl methyl sites for hydroxylation is 1. The van der Waals surface area contributed by atoms with Gasteiger partial charge in [-0.1, -0.05) is 27.2 Å². The first-order valence-corrected chi connectivity index (χ1v) is 9.83. The van der Waals surface area contributed by atoms with Gasteiger partial charge in [-0.25, -0.2) is 0 Å². The summed E-state index contributed by atoms with van der Waals surface area (Å²) in [5.74, 6) is 0.760. The van der Waals surface area contributed by atoms with E-state index in [4.69, 9.17) is 13.9 Å². The molecule has 4 rings (SSSR count). The number of carbonyl (C=O) groups is 2. The summed E-state index contributed by atoms with van der Waals surface area (Å²) in [5, 5.41) is 0. The monoisotopic (exact) mass is 360 g/mol. The Morgan fingerprint density at radius 3 is 2.92 bits per heavy atom. The minimum atomic E-state index is -0.380. The molecule has 2 aliphatic carbocycles. The first-order chi connectivity index (χ1) is 12.4. The molecule has 1 unspecified atom stereocenters. The van der Waals surface area contributed by atoms with Gasteiger partial charge in [-0.3, -0.25) is 9.59 Å². The fourth-order valence-corrected chi connectivity index (χ4v) is 5.30. The van der Waals surface area contributed by atoms with Gasteiger partial charge in [0.2, 0.25) is 0 Å². The Morgan fingerprint density at radius 2 is 2.19 bits per heavy atom. The molecule has 5 nitrogen and oxygen atoms in total. The van der Waals surface area contributed by atoms with Crippen LogP contribution < -0.4 is 0 Å². The third kappa shape index (κ3) is 2.43. The molecule has 1 aromatic rings. The van der Waals surface area contributed by atoms with Gasteiger partial charge in [0, 0.05) is 23.8 Å². The highest BCUT2D eigenvalue weighted by molar-refractivity contribution is 5.79. The van der Waals surface area contributed by atoms with Crippen LogP contribution in [0, 0.1) is 30.1 Å². The molecule has 2 heterocycles. The van der Waals surface area contributed by atoms with E-state index in [0.717, 1.165) is 36.1 Å². The Hall–Kier alpha value is -1.78. The van der Waals surface area contributed by atoms with Gasteiger partial charge in [0.15, 0.2) is 0 Å². The van der Waals surface area contributed by atoms with E-state index in [2.05, 4.69) is 13.8 Å². The lowest BCUT2D eigenvalue weighted by Crippen LogP contribution is -2.51. The molecule has 3 aliphatic rings. The van der Waals surface area contributed by atoms with E-state index in [1.165, 1.54) is 0 Å². The fourth-order valence-electron chi connectivity index (χ4n) is 5.30. The Labute approximate surface area is 154 Å². The van der Waals surface area contributed by atoms with Crippen molar-refractivity contribution in [3.05, 3.63) is 23.2 Å². The highest BCUT2D eigenvalue weighted by Crippen LogP contribution is 2.63. The molecular weight excluding hydrogens is 332 g/mol. The predicted molar refractivity (Wildman–Crippen MR) is 94.3 cm³/mol. The van der Waals surface area contributed by atoms with E-state index >= 15 is 0 Å². The summed E-state index contributed by atoms with van der Waals surface area (Å²) >= 11 is 0. The third-order valence-electron chi connectivity index (χ3n) is 7.07.